The number of rotatable bonds is 5. The molecule has 8 rings (SSSR count). The van der Waals surface area contributed by atoms with Crippen molar-refractivity contribution < 1.29 is 0 Å². The summed E-state index contributed by atoms with van der Waals surface area (Å²) in [6.07, 6.45) is 0. The lowest BCUT2D eigenvalue weighted by Gasteiger charge is -2.34. The Kier molecular flexibility index (Phi) is 6.51. The third-order valence-corrected chi connectivity index (χ3v) is 9.38. The molecule has 0 saturated carbocycles. The van der Waals surface area contributed by atoms with Gasteiger partial charge in [0.15, 0.2) is 0 Å². The standard InChI is InChI=1S/C43H29Cl/c44-42-29-34(30-12-4-1-5-13-30)24-26-37(42)32-22-20-31(21-23-32)33-25-27-39-38-18-10-11-19-40(38)43(41(39)28-33,35-14-6-2-7-15-35)36-16-8-3-9-17-36/h1-29H. The highest BCUT2D eigenvalue weighted by Crippen LogP contribution is 2.56. The topological polar surface area (TPSA) is 0 Å². The zero-order valence-corrected chi connectivity index (χ0v) is 24.9. The predicted molar refractivity (Wildman–Crippen MR) is 185 cm³/mol. The molecule has 1 aliphatic carbocycles. The minimum absolute atomic E-state index is 0.404. The van der Waals surface area contributed by atoms with E-state index in [2.05, 4.69) is 170 Å². The van der Waals surface area contributed by atoms with Gasteiger partial charge in [-0.15, -0.1) is 0 Å². The maximum absolute atomic E-state index is 6.83. The molecule has 0 aliphatic heterocycles. The number of hydrogen-bond donors (Lipinski definition) is 0. The molecule has 0 N–H and O–H groups in total. The molecule has 0 amide bonds. The average Bonchev–Trinajstić information content (AvgIpc) is 3.40. The fraction of sp³-hybridized carbons (Fsp3) is 0.0233. The highest BCUT2D eigenvalue weighted by atomic mass is 35.5. The second kappa shape index (κ2) is 10.8. The van der Waals surface area contributed by atoms with Gasteiger partial charge in [0, 0.05) is 10.6 Å². The molecule has 208 valence electrons. The summed E-state index contributed by atoms with van der Waals surface area (Å²) in [5.41, 5.74) is 14.2. The van der Waals surface area contributed by atoms with E-state index in [1.54, 1.807) is 0 Å². The lowest BCUT2D eigenvalue weighted by Crippen LogP contribution is -2.28. The normalized spacial score (nSPS) is 12.8. The molecular weight excluding hydrogens is 552 g/mol. The van der Waals surface area contributed by atoms with Crippen LogP contribution < -0.4 is 0 Å². The third kappa shape index (κ3) is 4.22. The summed E-state index contributed by atoms with van der Waals surface area (Å²) in [4.78, 5) is 0. The minimum Gasteiger partial charge on any atom is -0.0836 e. The van der Waals surface area contributed by atoms with Crippen molar-refractivity contribution in [2.24, 2.45) is 0 Å². The first-order valence-corrected chi connectivity index (χ1v) is 15.4. The lowest BCUT2D eigenvalue weighted by atomic mass is 9.67. The van der Waals surface area contributed by atoms with Crippen LogP contribution in [0.3, 0.4) is 0 Å². The van der Waals surface area contributed by atoms with E-state index in [4.69, 9.17) is 11.6 Å². The van der Waals surface area contributed by atoms with Crippen molar-refractivity contribution in [2.45, 2.75) is 5.41 Å². The molecule has 7 aromatic carbocycles. The van der Waals surface area contributed by atoms with E-state index in [0.717, 1.165) is 27.3 Å². The van der Waals surface area contributed by atoms with Gasteiger partial charge in [-0.25, -0.2) is 0 Å². The quantitative estimate of drug-likeness (QED) is 0.190. The Morgan fingerprint density at radius 2 is 0.773 bits per heavy atom. The van der Waals surface area contributed by atoms with Crippen LogP contribution in [0.25, 0.3) is 44.5 Å². The Labute approximate surface area is 263 Å². The fourth-order valence-corrected chi connectivity index (χ4v) is 7.32. The first-order chi connectivity index (χ1) is 21.7. The summed E-state index contributed by atoms with van der Waals surface area (Å²) in [6, 6.07) is 63.3. The van der Waals surface area contributed by atoms with Crippen molar-refractivity contribution in [3.8, 4) is 44.5 Å². The van der Waals surface area contributed by atoms with Crippen LogP contribution in [0.4, 0.5) is 0 Å². The zero-order chi connectivity index (χ0) is 29.5. The zero-order valence-electron chi connectivity index (χ0n) is 24.1. The van der Waals surface area contributed by atoms with Gasteiger partial charge in [-0.1, -0.05) is 175 Å². The summed E-state index contributed by atoms with van der Waals surface area (Å²) in [7, 11) is 0. The minimum atomic E-state index is -0.404. The smallest absolute Gasteiger partial charge is 0.0713 e. The van der Waals surface area contributed by atoms with Crippen molar-refractivity contribution in [3.63, 3.8) is 0 Å². The summed E-state index contributed by atoms with van der Waals surface area (Å²) in [5, 5.41) is 0.755. The molecular formula is C43H29Cl. The van der Waals surface area contributed by atoms with E-state index >= 15 is 0 Å². The van der Waals surface area contributed by atoms with Crippen LogP contribution in [0.15, 0.2) is 176 Å². The Balaban J connectivity index is 1.23. The Hall–Kier alpha value is -5.17. The molecule has 1 heteroatoms. The van der Waals surface area contributed by atoms with Crippen LogP contribution in [-0.4, -0.2) is 0 Å². The maximum atomic E-state index is 6.83. The van der Waals surface area contributed by atoms with E-state index in [-0.39, 0.29) is 0 Å². The summed E-state index contributed by atoms with van der Waals surface area (Å²) < 4.78 is 0. The fourth-order valence-electron chi connectivity index (χ4n) is 7.03. The van der Waals surface area contributed by atoms with Gasteiger partial charge >= 0.3 is 0 Å². The number of fused-ring (bicyclic) bond motifs is 3. The van der Waals surface area contributed by atoms with Crippen molar-refractivity contribution in [1.82, 2.24) is 0 Å². The van der Waals surface area contributed by atoms with Crippen molar-refractivity contribution in [3.05, 3.63) is 203 Å². The highest BCUT2D eigenvalue weighted by Gasteiger charge is 2.45. The van der Waals surface area contributed by atoms with E-state index in [9.17, 15) is 0 Å². The van der Waals surface area contributed by atoms with E-state index in [1.165, 1.54) is 44.5 Å². The molecule has 7 aromatic rings. The summed E-state index contributed by atoms with van der Waals surface area (Å²) in [6.45, 7) is 0. The number of benzene rings is 7. The Morgan fingerprint density at radius 1 is 0.318 bits per heavy atom. The van der Waals surface area contributed by atoms with Crippen LogP contribution >= 0.6 is 11.6 Å². The van der Waals surface area contributed by atoms with Gasteiger partial charge in [-0.3, -0.25) is 0 Å². The van der Waals surface area contributed by atoms with Crippen LogP contribution in [0.1, 0.15) is 22.3 Å². The van der Waals surface area contributed by atoms with E-state index in [0.29, 0.717) is 0 Å². The number of hydrogen-bond acceptors (Lipinski definition) is 0. The molecule has 0 nitrogen and oxygen atoms in total. The molecule has 0 fully saturated rings. The largest absolute Gasteiger partial charge is 0.0836 e. The van der Waals surface area contributed by atoms with Gasteiger partial charge in [0.1, 0.15) is 0 Å². The van der Waals surface area contributed by atoms with E-state index < -0.39 is 5.41 Å². The third-order valence-electron chi connectivity index (χ3n) is 9.06. The monoisotopic (exact) mass is 580 g/mol. The Morgan fingerprint density at radius 3 is 1.41 bits per heavy atom. The average molecular weight is 581 g/mol. The van der Waals surface area contributed by atoms with Gasteiger partial charge < -0.3 is 0 Å². The lowest BCUT2D eigenvalue weighted by molar-refractivity contribution is 0.769. The first-order valence-electron chi connectivity index (χ1n) is 15.0. The second-order valence-electron chi connectivity index (χ2n) is 11.4. The van der Waals surface area contributed by atoms with Gasteiger partial charge in [-0.2, -0.15) is 0 Å². The van der Waals surface area contributed by atoms with Crippen LogP contribution in [-0.2, 0) is 5.41 Å². The molecule has 0 unspecified atom stereocenters. The van der Waals surface area contributed by atoms with E-state index in [1.807, 2.05) is 6.07 Å². The van der Waals surface area contributed by atoms with Crippen LogP contribution in [0.2, 0.25) is 5.02 Å². The SMILES string of the molecule is Clc1cc(-c2ccccc2)ccc1-c1ccc(-c2ccc3c(c2)C(c2ccccc2)(c2ccccc2)c2ccccc2-3)cc1. The molecule has 0 bridgehead atoms. The predicted octanol–water partition coefficient (Wildman–Crippen LogP) is 11.7. The molecule has 0 saturated heterocycles. The van der Waals surface area contributed by atoms with Gasteiger partial charge in [0.25, 0.3) is 0 Å². The van der Waals surface area contributed by atoms with Crippen LogP contribution in [0, 0.1) is 0 Å². The first kappa shape index (κ1) is 26.5. The number of halogens is 1. The molecule has 0 atom stereocenters. The Bertz CT molecular complexity index is 2050. The highest BCUT2D eigenvalue weighted by molar-refractivity contribution is 6.33. The van der Waals surface area contributed by atoms with Crippen molar-refractivity contribution >= 4 is 11.6 Å². The molecule has 44 heavy (non-hydrogen) atoms. The molecule has 0 spiro atoms. The van der Waals surface area contributed by atoms with Crippen molar-refractivity contribution in [1.29, 1.82) is 0 Å². The molecule has 1 aliphatic rings. The molecule has 0 radical (unpaired) electrons. The maximum Gasteiger partial charge on any atom is 0.0713 e. The molecule has 0 heterocycles. The van der Waals surface area contributed by atoms with Crippen LogP contribution in [0.5, 0.6) is 0 Å². The van der Waals surface area contributed by atoms with Gasteiger partial charge in [-0.05, 0) is 73.3 Å². The molecule has 0 aromatic heterocycles. The summed E-state index contributed by atoms with van der Waals surface area (Å²) in [5.74, 6) is 0. The van der Waals surface area contributed by atoms with Gasteiger partial charge in [0.2, 0.25) is 0 Å². The summed E-state index contributed by atoms with van der Waals surface area (Å²) >= 11 is 6.83. The van der Waals surface area contributed by atoms with Gasteiger partial charge in [0.05, 0.1) is 5.41 Å². The van der Waals surface area contributed by atoms with Crippen molar-refractivity contribution in [2.75, 3.05) is 0 Å². The second-order valence-corrected chi connectivity index (χ2v) is 11.8.